The third-order valence-electron chi connectivity index (χ3n) is 3.50. The van der Waals surface area contributed by atoms with E-state index in [1.54, 1.807) is 0 Å². The van der Waals surface area contributed by atoms with Gasteiger partial charge in [-0.2, -0.15) is 0 Å². The number of urea groups is 1. The maximum absolute atomic E-state index is 11.6. The number of rotatable bonds is 6. The summed E-state index contributed by atoms with van der Waals surface area (Å²) in [6, 6.07) is 5.77. The van der Waals surface area contributed by atoms with Crippen LogP contribution in [0.25, 0.3) is 0 Å². The Morgan fingerprint density at radius 3 is 3.10 bits per heavy atom. The van der Waals surface area contributed by atoms with Gasteiger partial charge in [0.25, 0.3) is 0 Å². The molecule has 20 heavy (non-hydrogen) atoms. The molecule has 2 amide bonds. The van der Waals surface area contributed by atoms with Crippen molar-refractivity contribution < 1.29 is 14.6 Å². The second-order valence-electron chi connectivity index (χ2n) is 4.98. The fourth-order valence-electron chi connectivity index (χ4n) is 2.23. The largest absolute Gasteiger partial charge is 0.493 e. The number of hydrogen-bond acceptors (Lipinski definition) is 3. The molecule has 5 nitrogen and oxygen atoms in total. The van der Waals surface area contributed by atoms with Crippen molar-refractivity contribution in [3.63, 3.8) is 0 Å². The van der Waals surface area contributed by atoms with Crippen molar-refractivity contribution >= 4 is 6.03 Å². The highest BCUT2D eigenvalue weighted by Gasteiger charge is 2.12. The molecule has 0 radical (unpaired) electrons. The Kier molecular flexibility index (Phi) is 5.24. The minimum Gasteiger partial charge on any atom is -0.493 e. The van der Waals surface area contributed by atoms with Gasteiger partial charge in [0.05, 0.1) is 19.3 Å². The number of aliphatic hydroxyl groups is 1. The summed E-state index contributed by atoms with van der Waals surface area (Å²) in [5.41, 5.74) is 2.45. The van der Waals surface area contributed by atoms with E-state index >= 15 is 0 Å². The monoisotopic (exact) mass is 278 g/mol. The number of benzene rings is 1. The van der Waals surface area contributed by atoms with E-state index < -0.39 is 0 Å². The number of carbonyl (C=O) groups is 1. The van der Waals surface area contributed by atoms with E-state index in [4.69, 9.17) is 9.84 Å². The molecule has 110 valence electrons. The van der Waals surface area contributed by atoms with Gasteiger partial charge in [-0.15, -0.1) is 0 Å². The first-order valence-electron chi connectivity index (χ1n) is 7.12. The Bertz CT molecular complexity index is 458. The molecule has 0 fully saturated rings. The minimum atomic E-state index is -0.226. The van der Waals surface area contributed by atoms with E-state index in [-0.39, 0.29) is 18.7 Å². The summed E-state index contributed by atoms with van der Waals surface area (Å²) in [6.07, 6.45) is 2.47. The smallest absolute Gasteiger partial charge is 0.315 e. The summed E-state index contributed by atoms with van der Waals surface area (Å²) in [5, 5.41) is 14.5. The van der Waals surface area contributed by atoms with Crippen molar-refractivity contribution in [2.45, 2.75) is 32.2 Å². The van der Waals surface area contributed by atoms with E-state index in [0.29, 0.717) is 6.54 Å². The van der Waals surface area contributed by atoms with Gasteiger partial charge in [-0.1, -0.05) is 19.1 Å². The van der Waals surface area contributed by atoms with E-state index in [2.05, 4.69) is 16.7 Å². The molecule has 1 aliphatic heterocycles. The van der Waals surface area contributed by atoms with Crippen LogP contribution in [0.2, 0.25) is 0 Å². The molecule has 0 saturated carbocycles. The van der Waals surface area contributed by atoms with Crippen molar-refractivity contribution in [2.24, 2.45) is 0 Å². The second kappa shape index (κ2) is 7.14. The Balaban J connectivity index is 1.74. The van der Waals surface area contributed by atoms with Crippen molar-refractivity contribution in [1.29, 1.82) is 0 Å². The molecule has 1 aliphatic rings. The van der Waals surface area contributed by atoms with Gasteiger partial charge in [0.1, 0.15) is 5.75 Å². The van der Waals surface area contributed by atoms with Crippen molar-refractivity contribution in [2.75, 3.05) is 19.8 Å². The lowest BCUT2D eigenvalue weighted by molar-refractivity contribution is 0.214. The van der Waals surface area contributed by atoms with Crippen LogP contribution >= 0.6 is 0 Å². The highest BCUT2D eigenvalue weighted by atomic mass is 16.5. The zero-order valence-electron chi connectivity index (χ0n) is 11.8. The molecule has 0 unspecified atom stereocenters. The van der Waals surface area contributed by atoms with Crippen molar-refractivity contribution in [3.8, 4) is 5.75 Å². The summed E-state index contributed by atoms with van der Waals surface area (Å²) < 4.78 is 5.46. The first kappa shape index (κ1) is 14.7. The molecule has 5 heteroatoms. The average molecular weight is 278 g/mol. The van der Waals surface area contributed by atoms with Gasteiger partial charge in [0.15, 0.2) is 0 Å². The number of aliphatic hydroxyl groups excluding tert-OH is 1. The molecular formula is C15H22N2O3. The molecule has 0 spiro atoms. The molecule has 1 atom stereocenters. The number of carbonyl (C=O) groups excluding carboxylic acids is 1. The number of nitrogens with one attached hydrogen (secondary N) is 2. The van der Waals surface area contributed by atoms with Crippen LogP contribution < -0.4 is 15.4 Å². The molecule has 1 aromatic rings. The van der Waals surface area contributed by atoms with Gasteiger partial charge in [-0.3, -0.25) is 0 Å². The van der Waals surface area contributed by atoms with E-state index in [9.17, 15) is 4.79 Å². The fraction of sp³-hybridized carbons (Fsp3) is 0.533. The first-order chi connectivity index (χ1) is 9.72. The zero-order valence-corrected chi connectivity index (χ0v) is 11.8. The van der Waals surface area contributed by atoms with Crippen LogP contribution in [0.15, 0.2) is 18.2 Å². The van der Waals surface area contributed by atoms with E-state index in [1.807, 2.05) is 19.1 Å². The maximum Gasteiger partial charge on any atom is 0.315 e. The quantitative estimate of drug-likeness (QED) is 0.733. The van der Waals surface area contributed by atoms with Gasteiger partial charge < -0.3 is 20.5 Å². The Hall–Kier alpha value is -1.75. The second-order valence-corrected chi connectivity index (χ2v) is 4.98. The molecule has 2 rings (SSSR count). The Morgan fingerprint density at radius 2 is 2.35 bits per heavy atom. The summed E-state index contributed by atoms with van der Waals surface area (Å²) in [4.78, 5) is 11.6. The first-order valence-corrected chi connectivity index (χ1v) is 7.12. The standard InChI is InChI=1S/C15H22N2O3/c1-2-13(10-18)17-15(19)16-7-5-11-3-4-14-12(9-11)6-8-20-14/h3-4,9,13,18H,2,5-8,10H2,1H3,(H2,16,17,19)/t13-/m0/s1. The number of ether oxygens (including phenoxy) is 1. The predicted molar refractivity (Wildman–Crippen MR) is 77.0 cm³/mol. The fourth-order valence-corrected chi connectivity index (χ4v) is 2.23. The van der Waals surface area contributed by atoms with Gasteiger partial charge >= 0.3 is 6.03 Å². The van der Waals surface area contributed by atoms with Crippen molar-refractivity contribution in [1.82, 2.24) is 10.6 Å². The van der Waals surface area contributed by atoms with Crippen LogP contribution in [0.5, 0.6) is 5.75 Å². The molecule has 3 N–H and O–H groups in total. The van der Waals surface area contributed by atoms with Crippen molar-refractivity contribution in [3.05, 3.63) is 29.3 Å². The predicted octanol–water partition coefficient (Wildman–Crippen LogP) is 1.23. The van der Waals surface area contributed by atoms with Gasteiger partial charge in [0.2, 0.25) is 0 Å². The van der Waals surface area contributed by atoms with Crippen LogP contribution in [0.3, 0.4) is 0 Å². The molecule has 1 heterocycles. The van der Waals surface area contributed by atoms with Crippen LogP contribution in [0, 0.1) is 0 Å². The van der Waals surface area contributed by atoms with E-state index in [0.717, 1.165) is 31.6 Å². The number of amides is 2. The zero-order chi connectivity index (χ0) is 14.4. The molecule has 1 aromatic carbocycles. The lowest BCUT2D eigenvalue weighted by Crippen LogP contribution is -2.44. The highest BCUT2D eigenvalue weighted by Crippen LogP contribution is 2.25. The molecule has 0 aliphatic carbocycles. The summed E-state index contributed by atoms with van der Waals surface area (Å²) in [7, 11) is 0. The van der Waals surface area contributed by atoms with Gasteiger partial charge in [0, 0.05) is 13.0 Å². The number of fused-ring (bicyclic) bond motifs is 1. The molecule has 0 saturated heterocycles. The normalized spacial score (nSPS) is 14.3. The number of hydrogen-bond donors (Lipinski definition) is 3. The minimum absolute atomic E-state index is 0.0330. The molecule has 0 bridgehead atoms. The maximum atomic E-state index is 11.6. The third-order valence-corrected chi connectivity index (χ3v) is 3.50. The van der Waals surface area contributed by atoms with Crippen LogP contribution in [0.1, 0.15) is 24.5 Å². The third kappa shape index (κ3) is 3.87. The van der Waals surface area contributed by atoms with Gasteiger partial charge in [-0.25, -0.2) is 4.79 Å². The highest BCUT2D eigenvalue weighted by molar-refractivity contribution is 5.74. The van der Waals surface area contributed by atoms with Crippen LogP contribution in [0.4, 0.5) is 4.79 Å². The SMILES string of the molecule is CC[C@@H](CO)NC(=O)NCCc1ccc2c(c1)CCO2. The summed E-state index contributed by atoms with van der Waals surface area (Å²) >= 11 is 0. The van der Waals surface area contributed by atoms with Crippen LogP contribution in [-0.2, 0) is 12.8 Å². The molecule has 0 aromatic heterocycles. The van der Waals surface area contributed by atoms with Crippen LogP contribution in [-0.4, -0.2) is 36.9 Å². The Morgan fingerprint density at radius 1 is 1.50 bits per heavy atom. The Labute approximate surface area is 119 Å². The lowest BCUT2D eigenvalue weighted by atomic mass is 10.1. The topological polar surface area (TPSA) is 70.6 Å². The van der Waals surface area contributed by atoms with E-state index in [1.165, 1.54) is 11.1 Å². The molecular weight excluding hydrogens is 256 g/mol. The lowest BCUT2D eigenvalue weighted by Gasteiger charge is -2.14. The summed E-state index contributed by atoms with van der Waals surface area (Å²) in [6.45, 7) is 3.23. The summed E-state index contributed by atoms with van der Waals surface area (Å²) in [5.74, 6) is 0.980. The van der Waals surface area contributed by atoms with Gasteiger partial charge in [-0.05, 0) is 30.0 Å². The average Bonchev–Trinajstić information content (AvgIpc) is 2.92.